The first kappa shape index (κ1) is 13.1. The van der Waals surface area contributed by atoms with Crippen LogP contribution in [0.2, 0.25) is 0 Å². The quantitative estimate of drug-likeness (QED) is 0.912. The number of aromatic nitrogens is 2. The van der Waals surface area contributed by atoms with Crippen LogP contribution in [-0.4, -0.2) is 16.3 Å². The Morgan fingerprint density at radius 2 is 2.05 bits per heavy atom. The van der Waals surface area contributed by atoms with E-state index in [-0.39, 0.29) is 5.75 Å². The van der Waals surface area contributed by atoms with E-state index in [1.54, 1.807) is 13.0 Å². The van der Waals surface area contributed by atoms with Crippen LogP contribution in [0.15, 0.2) is 35.3 Å². The number of nitrogens with one attached hydrogen (secondary N) is 1. The van der Waals surface area contributed by atoms with Gasteiger partial charge in [0.05, 0.1) is 5.69 Å². The molecule has 1 aromatic heterocycles. The minimum atomic E-state index is -4.75. The number of ether oxygens (including phenoxy) is 1. The number of benzene rings is 1. The Kier molecular flexibility index (Phi) is 3.28. The van der Waals surface area contributed by atoms with Gasteiger partial charge in [0, 0.05) is 11.8 Å². The van der Waals surface area contributed by atoms with Crippen molar-refractivity contribution in [3.8, 4) is 17.0 Å². The SMILES string of the molecule is Cc1cnc(=O)[nH]c1-c1cccc(OC(F)(F)F)c1. The zero-order chi connectivity index (χ0) is 14.0. The molecule has 0 atom stereocenters. The Balaban J connectivity index is 2.43. The van der Waals surface area contributed by atoms with Crippen molar-refractivity contribution < 1.29 is 17.9 Å². The number of alkyl halides is 3. The molecule has 0 aliphatic rings. The van der Waals surface area contributed by atoms with Gasteiger partial charge >= 0.3 is 12.1 Å². The molecule has 1 N–H and O–H groups in total. The molecule has 0 saturated heterocycles. The first-order chi connectivity index (χ1) is 8.85. The van der Waals surface area contributed by atoms with Gasteiger partial charge in [-0.3, -0.25) is 0 Å². The van der Waals surface area contributed by atoms with E-state index in [1.165, 1.54) is 24.4 Å². The van der Waals surface area contributed by atoms with Crippen molar-refractivity contribution in [2.24, 2.45) is 0 Å². The molecule has 0 saturated carbocycles. The summed E-state index contributed by atoms with van der Waals surface area (Å²) in [7, 11) is 0. The summed E-state index contributed by atoms with van der Waals surface area (Å²) in [6, 6.07) is 5.37. The molecule has 0 aliphatic heterocycles. The topological polar surface area (TPSA) is 55.0 Å². The van der Waals surface area contributed by atoms with Crippen molar-refractivity contribution in [1.82, 2.24) is 9.97 Å². The highest BCUT2D eigenvalue weighted by atomic mass is 19.4. The van der Waals surface area contributed by atoms with Gasteiger partial charge in [0.1, 0.15) is 5.75 Å². The fourth-order valence-electron chi connectivity index (χ4n) is 1.61. The summed E-state index contributed by atoms with van der Waals surface area (Å²) in [5.41, 5.74) is 0.901. The lowest BCUT2D eigenvalue weighted by atomic mass is 10.1. The maximum absolute atomic E-state index is 12.1. The molecule has 0 spiro atoms. The van der Waals surface area contributed by atoms with Crippen LogP contribution >= 0.6 is 0 Å². The molecular formula is C12H9F3N2O2. The van der Waals surface area contributed by atoms with Crippen LogP contribution in [0.25, 0.3) is 11.3 Å². The van der Waals surface area contributed by atoms with Crippen molar-refractivity contribution in [2.45, 2.75) is 13.3 Å². The Morgan fingerprint density at radius 3 is 2.74 bits per heavy atom. The largest absolute Gasteiger partial charge is 0.573 e. The van der Waals surface area contributed by atoms with Crippen molar-refractivity contribution in [3.05, 3.63) is 46.5 Å². The number of H-pyrrole nitrogens is 1. The van der Waals surface area contributed by atoms with Gasteiger partial charge in [-0.25, -0.2) is 9.78 Å². The zero-order valence-electron chi connectivity index (χ0n) is 9.78. The molecule has 100 valence electrons. The molecule has 1 heterocycles. The normalized spacial score (nSPS) is 11.4. The maximum Gasteiger partial charge on any atom is 0.573 e. The van der Waals surface area contributed by atoms with Gasteiger partial charge < -0.3 is 9.72 Å². The van der Waals surface area contributed by atoms with E-state index in [4.69, 9.17) is 0 Å². The van der Waals surface area contributed by atoms with Gasteiger partial charge in [0.25, 0.3) is 0 Å². The fraction of sp³-hybridized carbons (Fsp3) is 0.167. The minimum absolute atomic E-state index is 0.345. The van der Waals surface area contributed by atoms with Crippen molar-refractivity contribution in [2.75, 3.05) is 0 Å². The minimum Gasteiger partial charge on any atom is -0.406 e. The van der Waals surface area contributed by atoms with Crippen LogP contribution in [0, 0.1) is 6.92 Å². The monoisotopic (exact) mass is 270 g/mol. The Morgan fingerprint density at radius 1 is 1.32 bits per heavy atom. The molecule has 4 nitrogen and oxygen atoms in total. The highest BCUT2D eigenvalue weighted by Crippen LogP contribution is 2.27. The Bertz CT molecular complexity index is 650. The summed E-state index contributed by atoms with van der Waals surface area (Å²) < 4.78 is 40.2. The average molecular weight is 270 g/mol. The van der Waals surface area contributed by atoms with Gasteiger partial charge in [0.2, 0.25) is 0 Å². The molecule has 0 bridgehead atoms. The lowest BCUT2D eigenvalue weighted by molar-refractivity contribution is -0.274. The summed E-state index contributed by atoms with van der Waals surface area (Å²) in [6.07, 6.45) is -3.40. The molecule has 0 aliphatic carbocycles. The number of aryl methyl sites for hydroxylation is 1. The smallest absolute Gasteiger partial charge is 0.406 e. The molecule has 0 unspecified atom stereocenters. The summed E-state index contributed by atoms with van der Waals surface area (Å²) in [5, 5.41) is 0. The van der Waals surface area contributed by atoms with Crippen molar-refractivity contribution >= 4 is 0 Å². The summed E-state index contributed by atoms with van der Waals surface area (Å²) in [5.74, 6) is -0.345. The van der Waals surface area contributed by atoms with Gasteiger partial charge in [-0.15, -0.1) is 13.2 Å². The lowest BCUT2D eigenvalue weighted by Crippen LogP contribution is -2.17. The fourth-order valence-corrected chi connectivity index (χ4v) is 1.61. The van der Waals surface area contributed by atoms with Crippen LogP contribution in [0.5, 0.6) is 5.75 Å². The highest BCUT2D eigenvalue weighted by Gasteiger charge is 2.31. The predicted octanol–water partition coefficient (Wildman–Crippen LogP) is 2.64. The van der Waals surface area contributed by atoms with Crippen LogP contribution in [0.4, 0.5) is 13.2 Å². The van der Waals surface area contributed by atoms with Gasteiger partial charge in [-0.1, -0.05) is 12.1 Å². The molecule has 7 heteroatoms. The lowest BCUT2D eigenvalue weighted by Gasteiger charge is -2.10. The van der Waals surface area contributed by atoms with Gasteiger partial charge in [-0.2, -0.15) is 0 Å². The molecule has 0 amide bonds. The Hall–Kier alpha value is -2.31. The maximum atomic E-state index is 12.1. The first-order valence-corrected chi connectivity index (χ1v) is 5.27. The molecule has 19 heavy (non-hydrogen) atoms. The number of hydrogen-bond donors (Lipinski definition) is 1. The zero-order valence-corrected chi connectivity index (χ0v) is 9.78. The molecule has 1 aromatic carbocycles. The Labute approximate surface area is 105 Å². The van der Waals surface area contributed by atoms with Crippen LogP contribution in [0.1, 0.15) is 5.56 Å². The average Bonchev–Trinajstić information content (AvgIpc) is 2.30. The van der Waals surface area contributed by atoms with E-state index in [2.05, 4.69) is 14.7 Å². The molecule has 2 rings (SSSR count). The van der Waals surface area contributed by atoms with Crippen LogP contribution in [-0.2, 0) is 0 Å². The second-order valence-corrected chi connectivity index (χ2v) is 3.82. The predicted molar refractivity (Wildman–Crippen MR) is 61.7 cm³/mol. The number of halogens is 3. The standard InChI is InChI=1S/C12H9F3N2O2/c1-7-6-16-11(18)17-10(7)8-3-2-4-9(5-8)19-12(13,14)15/h2-6H,1H3,(H,16,17,18). The molecule has 2 aromatic rings. The van der Waals surface area contributed by atoms with E-state index >= 15 is 0 Å². The molecule has 0 radical (unpaired) electrons. The van der Waals surface area contributed by atoms with Gasteiger partial charge in [-0.05, 0) is 24.6 Å². The molecule has 0 fully saturated rings. The third-order valence-corrected chi connectivity index (χ3v) is 2.36. The number of aromatic amines is 1. The summed E-state index contributed by atoms with van der Waals surface area (Å²) in [4.78, 5) is 17.2. The first-order valence-electron chi connectivity index (χ1n) is 5.27. The number of rotatable bonds is 2. The van der Waals surface area contributed by atoms with E-state index in [1.807, 2.05) is 0 Å². The summed E-state index contributed by atoms with van der Waals surface area (Å²) in [6.45, 7) is 1.69. The third-order valence-electron chi connectivity index (χ3n) is 2.36. The third kappa shape index (κ3) is 3.34. The van der Waals surface area contributed by atoms with E-state index in [0.29, 0.717) is 16.8 Å². The van der Waals surface area contributed by atoms with Crippen LogP contribution in [0.3, 0.4) is 0 Å². The highest BCUT2D eigenvalue weighted by molar-refractivity contribution is 5.63. The number of nitrogens with zero attached hydrogens (tertiary/aromatic N) is 1. The van der Waals surface area contributed by atoms with E-state index < -0.39 is 12.1 Å². The van der Waals surface area contributed by atoms with Gasteiger partial charge in [0.15, 0.2) is 0 Å². The van der Waals surface area contributed by atoms with E-state index in [0.717, 1.165) is 0 Å². The second-order valence-electron chi connectivity index (χ2n) is 3.82. The second kappa shape index (κ2) is 4.75. The van der Waals surface area contributed by atoms with Crippen molar-refractivity contribution in [3.63, 3.8) is 0 Å². The molecular weight excluding hydrogens is 261 g/mol. The van der Waals surface area contributed by atoms with Crippen molar-refractivity contribution in [1.29, 1.82) is 0 Å². The summed E-state index contributed by atoms with van der Waals surface area (Å²) >= 11 is 0. The van der Waals surface area contributed by atoms with E-state index in [9.17, 15) is 18.0 Å². The number of hydrogen-bond acceptors (Lipinski definition) is 3. The van der Waals surface area contributed by atoms with Crippen LogP contribution < -0.4 is 10.4 Å².